The maximum atomic E-state index is 11.3. The average Bonchev–Trinajstić information content (AvgIpc) is 2.42. The van der Waals surface area contributed by atoms with Crippen LogP contribution in [0, 0.1) is 0 Å². The van der Waals surface area contributed by atoms with Crippen molar-refractivity contribution in [2.75, 3.05) is 13.1 Å². The molecule has 1 atom stereocenters. The van der Waals surface area contributed by atoms with Crippen molar-refractivity contribution in [2.24, 2.45) is 0 Å². The number of likely N-dealkylation sites (tertiary alicyclic amines) is 1. The van der Waals surface area contributed by atoms with Gasteiger partial charge in [-0.3, -0.25) is 4.79 Å². The van der Waals surface area contributed by atoms with Crippen LogP contribution >= 0.6 is 11.6 Å². The summed E-state index contributed by atoms with van der Waals surface area (Å²) in [7, 11) is 0. The number of hydrogen-bond donors (Lipinski definition) is 0. The zero-order valence-corrected chi connectivity index (χ0v) is 11.9. The predicted octanol–water partition coefficient (Wildman–Crippen LogP) is 2.88. The molecule has 100 valence electrons. The number of aromatic nitrogens is 2. The monoisotopic (exact) mass is 269 g/mol. The van der Waals surface area contributed by atoms with E-state index in [0.717, 1.165) is 31.8 Å². The molecule has 1 aromatic heterocycles. The summed E-state index contributed by atoms with van der Waals surface area (Å²) in [5.41, 5.74) is 0. The minimum Gasteiger partial charge on any atom is -0.342 e. The van der Waals surface area contributed by atoms with E-state index in [4.69, 9.17) is 11.6 Å². The molecule has 0 spiro atoms. The van der Waals surface area contributed by atoms with Crippen LogP contribution in [0.25, 0.3) is 0 Å². The Morgan fingerprint density at radius 2 is 2.00 bits per heavy atom. The van der Waals surface area contributed by atoms with Gasteiger partial charge >= 0.3 is 0 Å². The van der Waals surface area contributed by atoms with Crippen molar-refractivity contribution < 1.29 is 4.79 Å². The normalized spacial score (nSPS) is 18.9. The van der Waals surface area contributed by atoms with Crippen LogP contribution in [-0.2, 0) is 4.79 Å². The first kappa shape index (κ1) is 14.9. The molecule has 1 unspecified atom stereocenters. The summed E-state index contributed by atoms with van der Waals surface area (Å²) in [5, 5.41) is 0.544. The Balaban J connectivity index is 0.000000771. The van der Waals surface area contributed by atoms with Gasteiger partial charge in [0.05, 0.1) is 5.02 Å². The number of carbonyl (C=O) groups excluding carboxylic acids is 1. The molecule has 1 fully saturated rings. The molecule has 0 radical (unpaired) electrons. The van der Waals surface area contributed by atoms with E-state index in [1.54, 1.807) is 19.3 Å². The summed E-state index contributed by atoms with van der Waals surface area (Å²) in [6, 6.07) is 0. The van der Waals surface area contributed by atoms with Gasteiger partial charge in [-0.25, -0.2) is 9.97 Å². The molecule has 1 saturated heterocycles. The molecule has 0 bridgehead atoms. The first-order valence-electron chi connectivity index (χ1n) is 6.40. The summed E-state index contributed by atoms with van der Waals surface area (Å²) in [5.74, 6) is 1.16. The fourth-order valence-corrected chi connectivity index (χ4v) is 2.10. The van der Waals surface area contributed by atoms with Crippen molar-refractivity contribution in [3.05, 3.63) is 23.2 Å². The Labute approximate surface area is 113 Å². The maximum Gasteiger partial charge on any atom is 0.219 e. The topological polar surface area (TPSA) is 46.1 Å². The zero-order chi connectivity index (χ0) is 13.5. The molecule has 5 heteroatoms. The van der Waals surface area contributed by atoms with Gasteiger partial charge in [-0.1, -0.05) is 25.4 Å². The lowest BCUT2D eigenvalue weighted by Gasteiger charge is -2.31. The van der Waals surface area contributed by atoms with E-state index < -0.39 is 0 Å². The van der Waals surface area contributed by atoms with Crippen LogP contribution in [0.15, 0.2) is 12.4 Å². The molecule has 2 heterocycles. The Morgan fingerprint density at radius 1 is 1.39 bits per heavy atom. The van der Waals surface area contributed by atoms with Crippen molar-refractivity contribution in [3.8, 4) is 0 Å². The number of amides is 1. The van der Waals surface area contributed by atoms with Crippen molar-refractivity contribution in [2.45, 2.75) is 39.5 Å². The lowest BCUT2D eigenvalue weighted by molar-refractivity contribution is -0.130. The van der Waals surface area contributed by atoms with Crippen molar-refractivity contribution >= 4 is 17.5 Å². The second kappa shape index (κ2) is 7.31. The van der Waals surface area contributed by atoms with Gasteiger partial charge in [0.1, 0.15) is 5.82 Å². The molecule has 0 saturated carbocycles. The highest BCUT2D eigenvalue weighted by Gasteiger charge is 2.24. The number of nitrogens with zero attached hydrogens (tertiary/aromatic N) is 3. The van der Waals surface area contributed by atoms with Crippen LogP contribution in [0.2, 0.25) is 5.02 Å². The summed E-state index contributed by atoms with van der Waals surface area (Å²) >= 11 is 5.74. The second-order valence-electron chi connectivity index (χ2n) is 4.06. The molecule has 2 rings (SSSR count). The van der Waals surface area contributed by atoms with Crippen LogP contribution in [0.4, 0.5) is 0 Å². The smallest absolute Gasteiger partial charge is 0.219 e. The highest BCUT2D eigenvalue weighted by Crippen LogP contribution is 2.24. The van der Waals surface area contributed by atoms with Gasteiger partial charge in [0, 0.05) is 38.3 Å². The predicted molar refractivity (Wildman–Crippen MR) is 72.6 cm³/mol. The van der Waals surface area contributed by atoms with Crippen LogP contribution < -0.4 is 0 Å². The quantitative estimate of drug-likeness (QED) is 0.788. The largest absolute Gasteiger partial charge is 0.342 e. The van der Waals surface area contributed by atoms with Crippen LogP contribution in [0.5, 0.6) is 0 Å². The molecule has 4 nitrogen and oxygen atoms in total. The van der Waals surface area contributed by atoms with Gasteiger partial charge in [0.25, 0.3) is 0 Å². The number of halogens is 1. The zero-order valence-electron chi connectivity index (χ0n) is 11.2. The third-order valence-electron chi connectivity index (χ3n) is 2.87. The summed E-state index contributed by atoms with van der Waals surface area (Å²) in [6.07, 6.45) is 5.26. The SMILES string of the molecule is CC.CC(=O)N1CCCC(c2ncc(Cl)cn2)C1. The molecule has 18 heavy (non-hydrogen) atoms. The standard InChI is InChI=1S/C11H14ClN3O.C2H6/c1-8(16)15-4-2-3-9(7-15)11-13-5-10(12)6-14-11;1-2/h5-6,9H,2-4,7H2,1H3;1-2H3. The van der Waals surface area contributed by atoms with Crippen molar-refractivity contribution in [3.63, 3.8) is 0 Å². The van der Waals surface area contributed by atoms with Crippen LogP contribution in [0.1, 0.15) is 45.4 Å². The third-order valence-corrected chi connectivity index (χ3v) is 3.07. The molecular weight excluding hydrogens is 250 g/mol. The van der Waals surface area contributed by atoms with Crippen LogP contribution in [0.3, 0.4) is 0 Å². The van der Waals surface area contributed by atoms with Gasteiger partial charge in [-0.2, -0.15) is 0 Å². The minimum absolute atomic E-state index is 0.124. The van der Waals surface area contributed by atoms with Gasteiger partial charge in [0.2, 0.25) is 5.91 Å². The van der Waals surface area contributed by atoms with E-state index in [2.05, 4.69) is 9.97 Å². The summed E-state index contributed by atoms with van der Waals surface area (Å²) in [6.45, 7) is 7.17. The molecule has 1 aliphatic rings. The number of rotatable bonds is 1. The Morgan fingerprint density at radius 3 is 2.56 bits per heavy atom. The first-order valence-corrected chi connectivity index (χ1v) is 6.77. The fourth-order valence-electron chi connectivity index (χ4n) is 2.01. The molecule has 0 N–H and O–H groups in total. The molecule has 1 aliphatic heterocycles. The highest BCUT2D eigenvalue weighted by atomic mass is 35.5. The second-order valence-corrected chi connectivity index (χ2v) is 4.50. The Bertz CT molecular complexity index is 380. The minimum atomic E-state index is 0.124. The van der Waals surface area contributed by atoms with E-state index >= 15 is 0 Å². The maximum absolute atomic E-state index is 11.3. The fraction of sp³-hybridized carbons (Fsp3) is 0.615. The average molecular weight is 270 g/mol. The van der Waals surface area contributed by atoms with Crippen LogP contribution in [-0.4, -0.2) is 33.9 Å². The Hall–Kier alpha value is -1.16. The van der Waals surface area contributed by atoms with Crippen molar-refractivity contribution in [1.82, 2.24) is 14.9 Å². The highest BCUT2D eigenvalue weighted by molar-refractivity contribution is 6.30. The summed E-state index contributed by atoms with van der Waals surface area (Å²) in [4.78, 5) is 21.6. The van der Waals surface area contributed by atoms with Crippen molar-refractivity contribution in [1.29, 1.82) is 0 Å². The number of piperidine rings is 1. The Kier molecular flexibility index (Phi) is 6.05. The lowest BCUT2D eigenvalue weighted by Crippen LogP contribution is -2.38. The van der Waals surface area contributed by atoms with Gasteiger partial charge in [-0.15, -0.1) is 0 Å². The van der Waals surface area contributed by atoms with Gasteiger partial charge < -0.3 is 4.90 Å². The molecule has 0 aliphatic carbocycles. The number of carbonyl (C=O) groups is 1. The lowest BCUT2D eigenvalue weighted by atomic mass is 9.97. The van der Waals surface area contributed by atoms with E-state index in [9.17, 15) is 4.79 Å². The summed E-state index contributed by atoms with van der Waals surface area (Å²) < 4.78 is 0. The number of hydrogen-bond acceptors (Lipinski definition) is 3. The van der Waals surface area contributed by atoms with E-state index in [0.29, 0.717) is 5.02 Å². The van der Waals surface area contributed by atoms with E-state index in [-0.39, 0.29) is 11.8 Å². The molecular formula is C13H20ClN3O. The molecule has 0 aromatic carbocycles. The molecule has 1 amide bonds. The third kappa shape index (κ3) is 3.95. The van der Waals surface area contributed by atoms with Gasteiger partial charge in [0.15, 0.2) is 0 Å². The van der Waals surface area contributed by atoms with E-state index in [1.807, 2.05) is 18.7 Å². The van der Waals surface area contributed by atoms with E-state index in [1.165, 1.54) is 0 Å². The van der Waals surface area contributed by atoms with Gasteiger partial charge in [-0.05, 0) is 12.8 Å². The molecule has 1 aromatic rings. The first-order chi connectivity index (χ1) is 8.66.